The second-order valence-corrected chi connectivity index (χ2v) is 8.74. The van der Waals surface area contributed by atoms with E-state index in [0.717, 1.165) is 0 Å². The third-order valence-corrected chi connectivity index (χ3v) is 6.39. The zero-order chi connectivity index (χ0) is 22.4. The fourth-order valence-electron chi connectivity index (χ4n) is 3.17. The van der Waals surface area contributed by atoms with E-state index in [9.17, 15) is 23.1 Å². The molecule has 31 heavy (non-hydrogen) atoms. The number of hydrogen-bond acceptors (Lipinski definition) is 8. The van der Waals surface area contributed by atoms with E-state index in [-0.39, 0.29) is 23.5 Å². The molecule has 0 radical (unpaired) electrons. The van der Waals surface area contributed by atoms with Crippen LogP contribution < -0.4 is 14.2 Å². The lowest BCUT2D eigenvalue weighted by atomic mass is 10.1. The zero-order valence-corrected chi connectivity index (χ0v) is 17.7. The molecule has 1 saturated heterocycles. The number of carbonyl (C=O) groups excluding carboxylic acids is 2. The highest BCUT2D eigenvalue weighted by Gasteiger charge is 2.37. The molecule has 10 heteroatoms. The van der Waals surface area contributed by atoms with Crippen molar-refractivity contribution in [3.8, 4) is 17.2 Å². The Morgan fingerprint density at radius 2 is 1.84 bits per heavy atom. The van der Waals surface area contributed by atoms with Gasteiger partial charge in [0.2, 0.25) is 15.9 Å². The van der Waals surface area contributed by atoms with Gasteiger partial charge < -0.3 is 19.3 Å². The minimum Gasteiger partial charge on any atom is -0.507 e. The van der Waals surface area contributed by atoms with Gasteiger partial charge in [0.1, 0.15) is 28.1 Å². The van der Waals surface area contributed by atoms with Gasteiger partial charge in [-0.15, -0.1) is 0 Å². The van der Waals surface area contributed by atoms with Gasteiger partial charge in [-0.1, -0.05) is 18.2 Å². The number of sulfonamides is 1. The monoisotopic (exact) mass is 449 g/mol. The van der Waals surface area contributed by atoms with E-state index in [1.807, 2.05) is 4.72 Å². The van der Waals surface area contributed by atoms with Crippen molar-refractivity contribution in [3.63, 3.8) is 0 Å². The molecule has 2 N–H and O–H groups in total. The van der Waals surface area contributed by atoms with Crippen LogP contribution >= 0.6 is 0 Å². The Kier molecular flexibility index (Phi) is 7.01. The summed E-state index contributed by atoms with van der Waals surface area (Å²) in [6.07, 6.45) is 1.15. The van der Waals surface area contributed by atoms with Crippen LogP contribution in [0.2, 0.25) is 0 Å². The molecule has 9 nitrogen and oxygen atoms in total. The fraction of sp³-hybridized carbons (Fsp3) is 0.333. The molecule has 1 atom stereocenters. The molecular weight excluding hydrogens is 426 g/mol. The number of hydrogen-bond donors (Lipinski definition) is 2. The quantitative estimate of drug-likeness (QED) is 0.441. The van der Waals surface area contributed by atoms with Crippen molar-refractivity contribution < 1.29 is 37.3 Å². The summed E-state index contributed by atoms with van der Waals surface area (Å²) in [6.45, 7) is 0.663. The third kappa shape index (κ3) is 5.46. The number of nitrogens with one attached hydrogen (secondary N) is 1. The molecule has 0 spiro atoms. The number of ether oxygens (including phenoxy) is 3. The molecule has 166 valence electrons. The Morgan fingerprint density at radius 3 is 2.52 bits per heavy atom. The number of phenolic OH excluding ortho intramolecular Hbond substituents is 1. The summed E-state index contributed by atoms with van der Waals surface area (Å²) < 4.78 is 41.9. The Bertz CT molecular complexity index is 1070. The van der Waals surface area contributed by atoms with E-state index in [4.69, 9.17) is 9.47 Å². The summed E-state index contributed by atoms with van der Waals surface area (Å²) >= 11 is 0. The molecule has 1 aliphatic rings. The van der Waals surface area contributed by atoms with Gasteiger partial charge >= 0.3 is 5.97 Å². The molecule has 1 amide bonds. The van der Waals surface area contributed by atoms with Crippen molar-refractivity contribution in [1.29, 1.82) is 0 Å². The van der Waals surface area contributed by atoms with Crippen molar-refractivity contribution in [3.05, 3.63) is 53.6 Å². The Labute approximate surface area is 180 Å². The highest BCUT2D eigenvalue weighted by Crippen LogP contribution is 2.32. The van der Waals surface area contributed by atoms with Gasteiger partial charge in [-0.05, 0) is 42.7 Å². The van der Waals surface area contributed by atoms with Crippen LogP contribution in [0.5, 0.6) is 17.2 Å². The normalized spacial score (nSPS) is 17.1. The first kappa shape index (κ1) is 22.4. The summed E-state index contributed by atoms with van der Waals surface area (Å²) in [7, 11) is -2.48. The van der Waals surface area contributed by atoms with Gasteiger partial charge in [0, 0.05) is 0 Å². The number of amides is 1. The van der Waals surface area contributed by atoms with Gasteiger partial charge in [0.05, 0.1) is 26.7 Å². The summed E-state index contributed by atoms with van der Waals surface area (Å²) in [5.74, 6) is -0.667. The van der Waals surface area contributed by atoms with E-state index in [0.29, 0.717) is 37.4 Å². The lowest BCUT2D eigenvalue weighted by Gasteiger charge is -2.12. The largest absolute Gasteiger partial charge is 0.507 e. The molecule has 1 fully saturated rings. The third-order valence-electron chi connectivity index (χ3n) is 4.69. The highest BCUT2D eigenvalue weighted by molar-refractivity contribution is 7.90. The predicted octanol–water partition coefficient (Wildman–Crippen LogP) is 2.31. The maximum Gasteiger partial charge on any atom is 0.345 e. The molecule has 2 aromatic carbocycles. The van der Waals surface area contributed by atoms with Crippen LogP contribution in [0.3, 0.4) is 0 Å². The fourth-order valence-corrected chi connectivity index (χ4v) is 4.59. The van der Waals surface area contributed by atoms with E-state index in [1.54, 1.807) is 36.4 Å². The predicted molar refractivity (Wildman–Crippen MR) is 111 cm³/mol. The Balaban J connectivity index is 1.48. The van der Waals surface area contributed by atoms with Crippen LogP contribution in [0.25, 0.3) is 0 Å². The number of unbranched alkanes of at least 4 members (excludes halogenated alkanes) is 1. The highest BCUT2D eigenvalue weighted by atomic mass is 32.2. The number of phenols is 1. The molecule has 1 aliphatic heterocycles. The number of rotatable bonds is 9. The van der Waals surface area contributed by atoms with Crippen LogP contribution in [0.1, 0.15) is 40.4 Å². The van der Waals surface area contributed by atoms with E-state index in [1.165, 1.54) is 13.2 Å². The number of carbonyl (C=O) groups is 2. The average Bonchev–Trinajstić information content (AvgIpc) is 3.02. The topological polar surface area (TPSA) is 128 Å². The van der Waals surface area contributed by atoms with Gasteiger partial charge in [-0.25, -0.2) is 13.2 Å². The van der Waals surface area contributed by atoms with Gasteiger partial charge in [0.25, 0.3) is 0 Å². The van der Waals surface area contributed by atoms with Crippen LogP contribution in [0, 0.1) is 0 Å². The Morgan fingerprint density at radius 1 is 1.13 bits per heavy atom. The van der Waals surface area contributed by atoms with E-state index < -0.39 is 27.1 Å². The van der Waals surface area contributed by atoms with Crippen molar-refractivity contribution in [1.82, 2.24) is 4.72 Å². The average molecular weight is 449 g/mol. The van der Waals surface area contributed by atoms with Crippen LogP contribution in [0.15, 0.2) is 42.5 Å². The molecule has 1 heterocycles. The Hall–Kier alpha value is -3.27. The zero-order valence-electron chi connectivity index (χ0n) is 16.9. The minimum atomic E-state index is -3.70. The van der Waals surface area contributed by atoms with Crippen molar-refractivity contribution in [2.24, 2.45) is 0 Å². The standard InChI is InChI=1S/C21H23NO8S/c1-28-21(25)20-16(23)8-5-9-17(20)30-11-3-2-10-29-15-7-4-6-14(12-15)18-13-19(24)22-31(18,26)27/h4-9,12,18,23H,2-3,10-11,13H2,1H3,(H,22,24). The first-order valence-corrected chi connectivity index (χ1v) is 11.2. The number of benzene rings is 2. The van der Waals surface area contributed by atoms with Gasteiger partial charge in [0.15, 0.2) is 0 Å². The van der Waals surface area contributed by atoms with E-state index in [2.05, 4.69) is 4.74 Å². The molecule has 0 aromatic heterocycles. The SMILES string of the molecule is COC(=O)c1c(O)cccc1OCCCCOc1cccc(C2CC(=O)NS2(=O)=O)c1. The second kappa shape index (κ2) is 9.69. The summed E-state index contributed by atoms with van der Waals surface area (Å²) in [4.78, 5) is 23.2. The second-order valence-electron chi connectivity index (χ2n) is 6.88. The van der Waals surface area contributed by atoms with Crippen molar-refractivity contribution in [2.45, 2.75) is 24.5 Å². The van der Waals surface area contributed by atoms with Gasteiger partial charge in [-0.3, -0.25) is 9.52 Å². The lowest BCUT2D eigenvalue weighted by Crippen LogP contribution is -2.21. The number of aromatic hydroxyl groups is 1. The minimum absolute atomic E-state index is 0.0205. The van der Waals surface area contributed by atoms with Crippen LogP contribution in [-0.2, 0) is 19.6 Å². The maximum absolute atomic E-state index is 12.0. The van der Waals surface area contributed by atoms with Gasteiger partial charge in [-0.2, -0.15) is 0 Å². The summed E-state index contributed by atoms with van der Waals surface area (Å²) in [5.41, 5.74) is 0.478. The number of methoxy groups -OCH3 is 1. The molecule has 1 unspecified atom stereocenters. The maximum atomic E-state index is 12.0. The van der Waals surface area contributed by atoms with Crippen molar-refractivity contribution >= 4 is 21.9 Å². The van der Waals surface area contributed by atoms with Crippen LogP contribution in [0.4, 0.5) is 0 Å². The van der Waals surface area contributed by atoms with E-state index >= 15 is 0 Å². The molecule has 2 aromatic rings. The molecular formula is C21H23NO8S. The summed E-state index contributed by atoms with van der Waals surface area (Å²) in [6, 6.07) is 11.2. The van der Waals surface area contributed by atoms with Crippen LogP contribution in [-0.4, -0.2) is 45.7 Å². The lowest BCUT2D eigenvalue weighted by molar-refractivity contribution is -0.118. The molecule has 0 saturated carbocycles. The smallest absolute Gasteiger partial charge is 0.345 e. The number of esters is 1. The first-order valence-electron chi connectivity index (χ1n) is 9.62. The molecule has 0 bridgehead atoms. The van der Waals surface area contributed by atoms with Crippen molar-refractivity contribution in [2.75, 3.05) is 20.3 Å². The molecule has 0 aliphatic carbocycles. The summed E-state index contributed by atoms with van der Waals surface area (Å²) in [5, 5.41) is 8.93. The first-order chi connectivity index (χ1) is 14.8. The molecule has 3 rings (SSSR count).